The molecule has 2 aromatic rings. The SMILES string of the molecule is C[C@H]1CCCC[C@H]1n1ccc2c(C(F)(F)F)cc(C(F)(F)F)cc21. The van der Waals surface area contributed by atoms with Gasteiger partial charge in [-0.1, -0.05) is 19.8 Å². The van der Waals surface area contributed by atoms with Crippen LogP contribution in [-0.2, 0) is 12.4 Å². The van der Waals surface area contributed by atoms with Crippen LogP contribution >= 0.6 is 0 Å². The number of rotatable bonds is 1. The van der Waals surface area contributed by atoms with E-state index in [1.165, 1.54) is 12.3 Å². The first-order chi connectivity index (χ1) is 11.1. The van der Waals surface area contributed by atoms with Gasteiger partial charge in [0.1, 0.15) is 0 Å². The maximum absolute atomic E-state index is 13.2. The summed E-state index contributed by atoms with van der Waals surface area (Å²) in [6.07, 6.45) is -4.49. The summed E-state index contributed by atoms with van der Waals surface area (Å²) in [5.41, 5.74) is -2.48. The summed E-state index contributed by atoms with van der Waals surface area (Å²) in [6, 6.07) is 2.25. The number of fused-ring (bicyclic) bond motifs is 1. The van der Waals surface area contributed by atoms with E-state index in [0.29, 0.717) is 0 Å². The number of aromatic nitrogens is 1. The van der Waals surface area contributed by atoms with Gasteiger partial charge in [-0.2, -0.15) is 26.3 Å². The van der Waals surface area contributed by atoms with E-state index < -0.39 is 23.5 Å². The maximum Gasteiger partial charge on any atom is 0.417 e. The third kappa shape index (κ3) is 3.00. The zero-order chi connectivity index (χ0) is 17.7. The summed E-state index contributed by atoms with van der Waals surface area (Å²) in [7, 11) is 0. The Labute approximate surface area is 135 Å². The van der Waals surface area contributed by atoms with Crippen LogP contribution in [0.2, 0.25) is 0 Å². The van der Waals surface area contributed by atoms with Crippen LogP contribution in [-0.4, -0.2) is 4.57 Å². The standard InChI is InChI=1S/C17H17F6N/c1-10-4-2-3-5-14(10)24-7-6-12-13(17(21,22)23)8-11(9-15(12)24)16(18,19)20/h6-10,14H,2-5H2,1H3/t10-,14+/m0/s1. The van der Waals surface area contributed by atoms with Crippen molar-refractivity contribution in [2.75, 3.05) is 0 Å². The van der Waals surface area contributed by atoms with E-state index in [0.717, 1.165) is 31.7 Å². The predicted octanol–water partition coefficient (Wildman–Crippen LogP) is 6.43. The number of nitrogens with zero attached hydrogens (tertiary/aromatic N) is 1. The molecule has 0 N–H and O–H groups in total. The third-order valence-corrected chi connectivity index (χ3v) is 4.89. The molecule has 0 bridgehead atoms. The van der Waals surface area contributed by atoms with Gasteiger partial charge >= 0.3 is 12.4 Å². The van der Waals surface area contributed by atoms with Gasteiger partial charge in [0.15, 0.2) is 0 Å². The predicted molar refractivity (Wildman–Crippen MR) is 78.6 cm³/mol. The van der Waals surface area contributed by atoms with Crippen molar-refractivity contribution in [3.05, 3.63) is 35.5 Å². The first-order valence-corrected chi connectivity index (χ1v) is 7.88. The van der Waals surface area contributed by atoms with Crippen molar-refractivity contribution in [1.82, 2.24) is 4.57 Å². The molecule has 0 unspecified atom stereocenters. The molecule has 1 heterocycles. The number of hydrogen-bond acceptors (Lipinski definition) is 0. The van der Waals surface area contributed by atoms with Gasteiger partial charge in [0.2, 0.25) is 0 Å². The lowest BCUT2D eigenvalue weighted by molar-refractivity contribution is -0.142. The lowest BCUT2D eigenvalue weighted by atomic mass is 9.85. The zero-order valence-corrected chi connectivity index (χ0v) is 13.0. The molecule has 132 valence electrons. The second-order valence-corrected chi connectivity index (χ2v) is 6.50. The molecule has 0 radical (unpaired) electrons. The van der Waals surface area contributed by atoms with Gasteiger partial charge in [-0.05, 0) is 37.0 Å². The number of alkyl halides is 6. The van der Waals surface area contributed by atoms with Crippen LogP contribution in [0.15, 0.2) is 24.4 Å². The molecule has 24 heavy (non-hydrogen) atoms. The molecule has 3 rings (SSSR count). The lowest BCUT2D eigenvalue weighted by Crippen LogP contribution is -2.20. The van der Waals surface area contributed by atoms with E-state index >= 15 is 0 Å². The molecule has 0 amide bonds. The summed E-state index contributed by atoms with van der Waals surface area (Å²) in [5.74, 6) is 0.221. The summed E-state index contributed by atoms with van der Waals surface area (Å²) in [4.78, 5) is 0. The van der Waals surface area contributed by atoms with Gasteiger partial charge in [0.25, 0.3) is 0 Å². The van der Waals surface area contributed by atoms with Crippen molar-refractivity contribution in [2.24, 2.45) is 5.92 Å². The van der Waals surface area contributed by atoms with Crippen molar-refractivity contribution in [2.45, 2.75) is 51.0 Å². The average molecular weight is 349 g/mol. The fourth-order valence-electron chi connectivity index (χ4n) is 3.66. The third-order valence-electron chi connectivity index (χ3n) is 4.89. The van der Waals surface area contributed by atoms with Crippen molar-refractivity contribution in [3.63, 3.8) is 0 Å². The van der Waals surface area contributed by atoms with E-state index in [4.69, 9.17) is 0 Å². The Morgan fingerprint density at radius 3 is 2.21 bits per heavy atom. The molecule has 0 saturated heterocycles. The molecular weight excluding hydrogens is 332 g/mol. The van der Waals surface area contributed by atoms with Gasteiger partial charge < -0.3 is 4.57 Å². The second-order valence-electron chi connectivity index (χ2n) is 6.50. The molecule has 1 aromatic carbocycles. The average Bonchev–Trinajstić information content (AvgIpc) is 2.88. The van der Waals surface area contributed by atoms with Gasteiger partial charge in [0, 0.05) is 23.1 Å². The summed E-state index contributed by atoms with van der Waals surface area (Å²) < 4.78 is 80.5. The minimum Gasteiger partial charge on any atom is -0.344 e. The van der Waals surface area contributed by atoms with E-state index in [9.17, 15) is 26.3 Å². The van der Waals surface area contributed by atoms with Gasteiger partial charge in [-0.25, -0.2) is 0 Å². The first kappa shape index (κ1) is 17.2. The monoisotopic (exact) mass is 349 g/mol. The smallest absolute Gasteiger partial charge is 0.344 e. The molecule has 1 aliphatic rings. The van der Waals surface area contributed by atoms with E-state index in [1.54, 1.807) is 4.57 Å². The van der Waals surface area contributed by atoms with Crippen LogP contribution in [0.5, 0.6) is 0 Å². The van der Waals surface area contributed by atoms with Crippen molar-refractivity contribution < 1.29 is 26.3 Å². The fraction of sp³-hybridized carbons (Fsp3) is 0.529. The largest absolute Gasteiger partial charge is 0.417 e. The van der Waals surface area contributed by atoms with Crippen LogP contribution in [0.1, 0.15) is 49.8 Å². The molecule has 7 heteroatoms. The van der Waals surface area contributed by atoms with Crippen LogP contribution in [0.4, 0.5) is 26.3 Å². The molecule has 2 atom stereocenters. The van der Waals surface area contributed by atoms with E-state index in [-0.39, 0.29) is 28.9 Å². The Bertz CT molecular complexity index is 740. The topological polar surface area (TPSA) is 4.93 Å². The maximum atomic E-state index is 13.2. The second kappa shape index (κ2) is 5.70. The number of halogens is 6. The highest BCUT2D eigenvalue weighted by Crippen LogP contribution is 2.42. The van der Waals surface area contributed by atoms with Crippen molar-refractivity contribution in [3.8, 4) is 0 Å². The Morgan fingerprint density at radius 1 is 0.958 bits per heavy atom. The minimum atomic E-state index is -4.83. The van der Waals surface area contributed by atoms with Crippen molar-refractivity contribution >= 4 is 10.9 Å². The summed E-state index contributed by atoms with van der Waals surface area (Å²) in [6.45, 7) is 1.99. The van der Waals surface area contributed by atoms with Gasteiger partial charge in [-0.15, -0.1) is 0 Å². The molecule has 1 fully saturated rings. The summed E-state index contributed by atoms with van der Waals surface area (Å²) >= 11 is 0. The molecular formula is C17H17F6N. The first-order valence-electron chi connectivity index (χ1n) is 7.88. The molecule has 1 saturated carbocycles. The Balaban J connectivity index is 2.23. The van der Waals surface area contributed by atoms with E-state index in [1.807, 2.05) is 6.92 Å². The van der Waals surface area contributed by atoms with Crippen molar-refractivity contribution in [1.29, 1.82) is 0 Å². The van der Waals surface area contributed by atoms with Crippen LogP contribution in [0, 0.1) is 5.92 Å². The quantitative estimate of drug-likeness (QED) is 0.523. The normalized spacial score (nSPS) is 23.0. The highest BCUT2D eigenvalue weighted by Gasteiger charge is 2.39. The molecule has 1 aromatic heterocycles. The Morgan fingerprint density at radius 2 is 1.62 bits per heavy atom. The van der Waals surface area contributed by atoms with Gasteiger partial charge in [-0.3, -0.25) is 0 Å². The molecule has 1 nitrogen and oxygen atoms in total. The Kier molecular flexibility index (Phi) is 4.08. The highest BCUT2D eigenvalue weighted by molar-refractivity contribution is 5.85. The Hall–Kier alpha value is -1.66. The van der Waals surface area contributed by atoms with E-state index in [2.05, 4.69) is 0 Å². The molecule has 0 spiro atoms. The number of benzene rings is 1. The number of hydrogen-bond donors (Lipinski definition) is 0. The highest BCUT2D eigenvalue weighted by atomic mass is 19.4. The van der Waals surface area contributed by atoms with Crippen LogP contribution in [0.3, 0.4) is 0 Å². The van der Waals surface area contributed by atoms with Crippen LogP contribution in [0.25, 0.3) is 10.9 Å². The molecule has 1 aliphatic carbocycles. The molecule has 0 aliphatic heterocycles. The fourth-order valence-corrected chi connectivity index (χ4v) is 3.66. The summed E-state index contributed by atoms with van der Waals surface area (Å²) in [5, 5.41) is -0.173. The van der Waals surface area contributed by atoms with Gasteiger partial charge in [0.05, 0.1) is 11.1 Å². The zero-order valence-electron chi connectivity index (χ0n) is 13.0. The lowest BCUT2D eigenvalue weighted by Gasteiger charge is -2.31. The minimum absolute atomic E-state index is 0.0101. The van der Waals surface area contributed by atoms with Crippen LogP contribution < -0.4 is 0 Å².